The van der Waals surface area contributed by atoms with Crippen LogP contribution in [0.4, 0.5) is 5.69 Å². The largest absolute Gasteiger partial charge is 0.376 e. The van der Waals surface area contributed by atoms with Crippen LogP contribution in [-0.4, -0.2) is 9.55 Å². The third-order valence-corrected chi connectivity index (χ3v) is 4.06. The van der Waals surface area contributed by atoms with Crippen molar-refractivity contribution in [1.29, 1.82) is 0 Å². The van der Waals surface area contributed by atoms with Gasteiger partial charge in [0, 0.05) is 32.9 Å². The highest BCUT2D eigenvalue weighted by molar-refractivity contribution is 9.11. The summed E-state index contributed by atoms with van der Waals surface area (Å²) >= 11 is 10.5. The number of hydrogen-bond donors (Lipinski definition) is 1. The minimum atomic E-state index is 0.683. The van der Waals surface area contributed by atoms with Gasteiger partial charge < -0.3 is 9.88 Å². The van der Waals surface area contributed by atoms with Crippen molar-refractivity contribution in [3.8, 4) is 0 Å². The molecule has 1 N–H and O–H groups in total. The number of benzene rings is 1. The lowest BCUT2D eigenvalue weighted by Crippen LogP contribution is -2.06. The molecular weight excluding hydrogens is 414 g/mol. The van der Waals surface area contributed by atoms with E-state index < -0.39 is 0 Å². The van der Waals surface area contributed by atoms with Crippen molar-refractivity contribution in [1.82, 2.24) is 9.55 Å². The van der Waals surface area contributed by atoms with E-state index in [0.29, 0.717) is 6.54 Å². The first-order valence-corrected chi connectivity index (χ1v) is 7.30. The van der Waals surface area contributed by atoms with Crippen LogP contribution in [-0.2, 0) is 13.6 Å². The Kier molecular flexibility index (Phi) is 4.27. The van der Waals surface area contributed by atoms with Crippen LogP contribution in [0.1, 0.15) is 5.82 Å². The Bertz CT molecular complexity index is 514. The average molecular weight is 424 g/mol. The zero-order valence-electron chi connectivity index (χ0n) is 9.04. The highest BCUT2D eigenvalue weighted by Crippen LogP contribution is 2.34. The van der Waals surface area contributed by atoms with E-state index >= 15 is 0 Å². The maximum Gasteiger partial charge on any atom is 0.127 e. The van der Waals surface area contributed by atoms with Crippen LogP contribution in [0, 0.1) is 0 Å². The molecule has 0 aliphatic carbocycles. The van der Waals surface area contributed by atoms with Crippen LogP contribution in [0.15, 0.2) is 37.9 Å². The first-order chi connectivity index (χ1) is 8.08. The Labute approximate surface area is 125 Å². The summed E-state index contributed by atoms with van der Waals surface area (Å²) in [5.74, 6) is 0.992. The Hall–Kier alpha value is -0.330. The maximum atomic E-state index is 4.27. The monoisotopic (exact) mass is 421 g/mol. The molecule has 6 heteroatoms. The van der Waals surface area contributed by atoms with Crippen molar-refractivity contribution in [3.63, 3.8) is 0 Å². The molecule has 3 nitrogen and oxygen atoms in total. The van der Waals surface area contributed by atoms with Crippen molar-refractivity contribution >= 4 is 53.5 Å². The fourth-order valence-corrected chi connectivity index (χ4v) is 3.98. The summed E-state index contributed by atoms with van der Waals surface area (Å²) in [5, 5.41) is 3.35. The van der Waals surface area contributed by atoms with E-state index in [-0.39, 0.29) is 0 Å². The van der Waals surface area contributed by atoms with Gasteiger partial charge in [0.2, 0.25) is 0 Å². The maximum absolute atomic E-state index is 4.27. The molecule has 0 aliphatic heterocycles. The third-order valence-electron chi connectivity index (χ3n) is 2.35. The summed E-state index contributed by atoms with van der Waals surface area (Å²) in [6.45, 7) is 0.683. The van der Waals surface area contributed by atoms with Gasteiger partial charge in [0.25, 0.3) is 0 Å². The molecule has 90 valence electrons. The summed E-state index contributed by atoms with van der Waals surface area (Å²) < 4.78 is 5.04. The van der Waals surface area contributed by atoms with Gasteiger partial charge in [0.05, 0.1) is 12.2 Å². The molecule has 0 unspecified atom stereocenters. The first-order valence-electron chi connectivity index (χ1n) is 4.92. The van der Waals surface area contributed by atoms with Gasteiger partial charge in [-0.3, -0.25) is 0 Å². The van der Waals surface area contributed by atoms with E-state index in [0.717, 1.165) is 24.9 Å². The molecule has 1 aromatic carbocycles. The van der Waals surface area contributed by atoms with Gasteiger partial charge in [-0.2, -0.15) is 0 Å². The van der Waals surface area contributed by atoms with Crippen molar-refractivity contribution in [2.75, 3.05) is 5.32 Å². The molecule has 2 aromatic rings. The van der Waals surface area contributed by atoms with Gasteiger partial charge in [0.15, 0.2) is 0 Å². The Morgan fingerprint density at radius 3 is 2.41 bits per heavy atom. The van der Waals surface area contributed by atoms with Crippen LogP contribution in [0.2, 0.25) is 0 Å². The van der Waals surface area contributed by atoms with Gasteiger partial charge in [0.1, 0.15) is 5.82 Å². The van der Waals surface area contributed by atoms with Crippen LogP contribution in [0.25, 0.3) is 0 Å². The zero-order chi connectivity index (χ0) is 12.4. The lowest BCUT2D eigenvalue weighted by Gasteiger charge is -2.11. The minimum Gasteiger partial charge on any atom is -0.376 e. The summed E-state index contributed by atoms with van der Waals surface area (Å²) in [5.41, 5.74) is 1.02. The number of nitrogens with one attached hydrogen (secondary N) is 1. The summed E-state index contributed by atoms with van der Waals surface area (Å²) in [6, 6.07) is 4.01. The van der Waals surface area contributed by atoms with Crippen LogP contribution in [0.3, 0.4) is 0 Å². The van der Waals surface area contributed by atoms with Crippen molar-refractivity contribution < 1.29 is 0 Å². The molecule has 0 saturated carbocycles. The topological polar surface area (TPSA) is 29.9 Å². The number of aryl methyl sites for hydroxylation is 1. The van der Waals surface area contributed by atoms with Gasteiger partial charge in [-0.25, -0.2) is 4.98 Å². The Balaban J connectivity index is 2.17. The fraction of sp³-hybridized carbons (Fsp3) is 0.182. The number of imidazole rings is 1. The number of halogens is 3. The second kappa shape index (κ2) is 5.54. The predicted molar refractivity (Wildman–Crippen MR) is 80.1 cm³/mol. The average Bonchev–Trinajstić information content (AvgIpc) is 2.62. The van der Waals surface area contributed by atoms with E-state index in [9.17, 15) is 0 Å². The normalized spacial score (nSPS) is 10.6. The molecule has 0 fully saturated rings. The van der Waals surface area contributed by atoms with Crippen molar-refractivity contribution in [3.05, 3.63) is 43.8 Å². The molecule has 0 aliphatic rings. The molecule has 1 heterocycles. The highest BCUT2D eigenvalue weighted by Gasteiger charge is 2.07. The van der Waals surface area contributed by atoms with Gasteiger partial charge in [-0.05, 0) is 44.0 Å². The molecule has 17 heavy (non-hydrogen) atoms. The van der Waals surface area contributed by atoms with Gasteiger partial charge in [-0.1, -0.05) is 15.9 Å². The Morgan fingerprint density at radius 2 is 1.88 bits per heavy atom. The van der Waals surface area contributed by atoms with Crippen LogP contribution >= 0.6 is 47.8 Å². The fourth-order valence-electron chi connectivity index (χ4n) is 1.45. The van der Waals surface area contributed by atoms with E-state index in [1.165, 1.54) is 0 Å². The number of nitrogens with zero attached hydrogens (tertiary/aromatic N) is 2. The molecule has 0 spiro atoms. The molecule has 0 atom stereocenters. The van der Waals surface area contributed by atoms with Gasteiger partial charge in [-0.15, -0.1) is 0 Å². The summed E-state index contributed by atoms with van der Waals surface area (Å²) in [7, 11) is 1.98. The second-order valence-electron chi connectivity index (χ2n) is 3.55. The number of rotatable bonds is 3. The first kappa shape index (κ1) is 13.1. The zero-order valence-corrected chi connectivity index (χ0v) is 13.8. The lowest BCUT2D eigenvalue weighted by molar-refractivity contribution is 0.812. The van der Waals surface area contributed by atoms with E-state index in [1.807, 2.05) is 29.9 Å². The summed E-state index contributed by atoms with van der Waals surface area (Å²) in [6.07, 6.45) is 3.73. The van der Waals surface area contributed by atoms with E-state index in [4.69, 9.17) is 0 Å². The number of hydrogen-bond acceptors (Lipinski definition) is 2. The van der Waals surface area contributed by atoms with E-state index in [1.54, 1.807) is 6.20 Å². The quantitative estimate of drug-likeness (QED) is 0.796. The minimum absolute atomic E-state index is 0.683. The van der Waals surface area contributed by atoms with Crippen LogP contribution < -0.4 is 5.32 Å². The standard InChI is InChI=1S/C11H10Br3N3/c1-17-3-2-15-10(17)6-16-11-8(13)4-7(12)5-9(11)14/h2-5,16H,6H2,1H3. The van der Waals surface area contributed by atoms with E-state index in [2.05, 4.69) is 58.1 Å². The highest BCUT2D eigenvalue weighted by atomic mass is 79.9. The third kappa shape index (κ3) is 3.11. The van der Waals surface area contributed by atoms with Crippen molar-refractivity contribution in [2.24, 2.45) is 7.05 Å². The predicted octanol–water partition coefficient (Wildman–Crippen LogP) is 4.32. The van der Waals surface area contributed by atoms with Crippen LogP contribution in [0.5, 0.6) is 0 Å². The molecule has 1 aromatic heterocycles. The van der Waals surface area contributed by atoms with Crippen molar-refractivity contribution in [2.45, 2.75) is 6.54 Å². The smallest absolute Gasteiger partial charge is 0.127 e. The molecular formula is C11H10Br3N3. The molecule has 0 bridgehead atoms. The molecule has 0 amide bonds. The molecule has 0 saturated heterocycles. The summed E-state index contributed by atoms with van der Waals surface area (Å²) in [4.78, 5) is 4.27. The second-order valence-corrected chi connectivity index (χ2v) is 6.18. The number of anilines is 1. The SMILES string of the molecule is Cn1ccnc1CNc1c(Br)cc(Br)cc1Br. The lowest BCUT2D eigenvalue weighted by atomic mass is 10.3. The molecule has 0 radical (unpaired) electrons. The van der Waals surface area contributed by atoms with Gasteiger partial charge >= 0.3 is 0 Å². The Morgan fingerprint density at radius 1 is 1.24 bits per heavy atom. The molecule has 2 rings (SSSR count). The number of aromatic nitrogens is 2.